The fourth-order valence-corrected chi connectivity index (χ4v) is 5.00. The third-order valence-corrected chi connectivity index (χ3v) is 7.21. The molecule has 2 aliphatic heterocycles. The highest BCUT2D eigenvalue weighted by atomic mass is 16.5. The second-order valence-electron chi connectivity index (χ2n) is 9.94. The zero-order valence-corrected chi connectivity index (χ0v) is 22.5. The summed E-state index contributed by atoms with van der Waals surface area (Å²) in [4.78, 5) is 34.7. The second kappa shape index (κ2) is 13.7. The van der Waals surface area contributed by atoms with Crippen LogP contribution in [-0.4, -0.2) is 77.3 Å². The van der Waals surface area contributed by atoms with E-state index in [1.54, 1.807) is 7.11 Å². The number of rotatable bonds is 8. The Kier molecular flexibility index (Phi) is 9.85. The maximum absolute atomic E-state index is 12.8. The fraction of sp³-hybridized carbons (Fsp3) is 0.464. The van der Waals surface area contributed by atoms with Crippen LogP contribution in [0.3, 0.4) is 0 Å². The Morgan fingerprint density at radius 3 is 2.56 bits per heavy atom. The van der Waals surface area contributed by atoms with Crippen LogP contribution in [-0.2, 0) is 16.1 Å². The summed E-state index contributed by atoms with van der Waals surface area (Å²) in [5.74, 6) is 2.04. The minimum absolute atomic E-state index is 0.0290. The van der Waals surface area contributed by atoms with Crippen LogP contribution in [0.25, 0.3) is 11.4 Å². The number of aromatic nitrogens is 3. The number of hydrogen-bond donors (Lipinski definition) is 2. The van der Waals surface area contributed by atoms with Gasteiger partial charge in [0.1, 0.15) is 5.75 Å². The SMILES string of the molecule is COc1ccc(-c2noc(N3CCC(C(=O)NCC4CCN(Cc5ccc(C)nc5)C4)CC3)n2)cc1.O=CO. The fourth-order valence-electron chi connectivity index (χ4n) is 5.00. The number of nitrogens with zero attached hydrogens (tertiary/aromatic N) is 5. The molecule has 0 radical (unpaired) electrons. The van der Waals surface area contributed by atoms with E-state index in [1.807, 2.05) is 37.4 Å². The Labute approximate surface area is 228 Å². The number of carbonyl (C=O) groups excluding carboxylic acids is 1. The molecule has 1 amide bonds. The van der Waals surface area contributed by atoms with E-state index >= 15 is 0 Å². The van der Waals surface area contributed by atoms with Gasteiger partial charge in [0.2, 0.25) is 11.7 Å². The van der Waals surface area contributed by atoms with Crippen molar-refractivity contribution >= 4 is 18.4 Å². The number of aryl methyl sites for hydroxylation is 1. The molecule has 3 aromatic rings. The molecular formula is C28H36N6O5. The van der Waals surface area contributed by atoms with Crippen molar-refractivity contribution < 1.29 is 24.0 Å². The Bertz CT molecular complexity index is 1190. The van der Waals surface area contributed by atoms with Gasteiger partial charge in [0.25, 0.3) is 6.47 Å². The molecule has 208 valence electrons. The summed E-state index contributed by atoms with van der Waals surface area (Å²) >= 11 is 0. The number of piperidine rings is 1. The van der Waals surface area contributed by atoms with Gasteiger partial charge in [0.15, 0.2) is 0 Å². The highest BCUT2D eigenvalue weighted by Crippen LogP contribution is 2.26. The Morgan fingerprint density at radius 1 is 1.15 bits per heavy atom. The molecule has 1 atom stereocenters. The number of anilines is 1. The molecule has 0 aliphatic carbocycles. The van der Waals surface area contributed by atoms with Crippen molar-refractivity contribution in [3.05, 3.63) is 53.9 Å². The number of carbonyl (C=O) groups is 2. The summed E-state index contributed by atoms with van der Waals surface area (Å²) < 4.78 is 10.7. The quantitative estimate of drug-likeness (QED) is 0.414. The summed E-state index contributed by atoms with van der Waals surface area (Å²) in [6, 6.07) is 12.3. The average molecular weight is 537 g/mol. The lowest BCUT2D eigenvalue weighted by molar-refractivity contribution is -0.126. The van der Waals surface area contributed by atoms with Crippen molar-refractivity contribution in [3.8, 4) is 17.1 Å². The van der Waals surface area contributed by atoms with Gasteiger partial charge < -0.3 is 24.6 Å². The molecule has 0 spiro atoms. The number of pyridine rings is 1. The first-order valence-electron chi connectivity index (χ1n) is 13.2. The first-order chi connectivity index (χ1) is 19.0. The third kappa shape index (κ3) is 7.76. The highest BCUT2D eigenvalue weighted by molar-refractivity contribution is 5.79. The smallest absolute Gasteiger partial charge is 0.324 e. The summed E-state index contributed by atoms with van der Waals surface area (Å²) in [5.41, 5.74) is 3.16. The lowest BCUT2D eigenvalue weighted by Crippen LogP contribution is -2.42. The van der Waals surface area contributed by atoms with Gasteiger partial charge in [-0.25, -0.2) is 0 Å². The normalized spacial score (nSPS) is 17.8. The lowest BCUT2D eigenvalue weighted by Gasteiger charge is -2.30. The van der Waals surface area contributed by atoms with Crippen molar-refractivity contribution in [1.82, 2.24) is 25.3 Å². The van der Waals surface area contributed by atoms with Gasteiger partial charge in [0, 0.05) is 56.1 Å². The van der Waals surface area contributed by atoms with E-state index in [-0.39, 0.29) is 18.3 Å². The number of carboxylic acid groups (broad SMARTS) is 1. The van der Waals surface area contributed by atoms with Crippen LogP contribution in [0.2, 0.25) is 0 Å². The topological polar surface area (TPSA) is 134 Å². The minimum Gasteiger partial charge on any atom is -0.497 e. The molecule has 0 saturated carbocycles. The van der Waals surface area contributed by atoms with Crippen LogP contribution >= 0.6 is 0 Å². The van der Waals surface area contributed by atoms with E-state index in [4.69, 9.17) is 19.2 Å². The molecular weight excluding hydrogens is 500 g/mol. The van der Waals surface area contributed by atoms with Gasteiger partial charge >= 0.3 is 6.01 Å². The van der Waals surface area contributed by atoms with Gasteiger partial charge in [-0.2, -0.15) is 4.98 Å². The largest absolute Gasteiger partial charge is 0.497 e. The Morgan fingerprint density at radius 2 is 1.90 bits per heavy atom. The van der Waals surface area contributed by atoms with Gasteiger partial charge in [-0.05, 0) is 74.5 Å². The molecule has 2 aromatic heterocycles. The predicted octanol–water partition coefficient (Wildman–Crippen LogP) is 3.00. The van der Waals surface area contributed by atoms with E-state index in [0.717, 1.165) is 75.5 Å². The number of likely N-dealkylation sites (tertiary alicyclic amines) is 1. The molecule has 11 nitrogen and oxygen atoms in total. The average Bonchev–Trinajstić information content (AvgIpc) is 3.64. The maximum Gasteiger partial charge on any atom is 0.324 e. The first-order valence-corrected chi connectivity index (χ1v) is 13.2. The Hall–Kier alpha value is -3.99. The van der Waals surface area contributed by atoms with Gasteiger partial charge in [-0.1, -0.05) is 11.2 Å². The van der Waals surface area contributed by atoms with Crippen LogP contribution in [0.4, 0.5) is 6.01 Å². The molecule has 2 fully saturated rings. The lowest BCUT2D eigenvalue weighted by atomic mass is 9.96. The molecule has 39 heavy (non-hydrogen) atoms. The molecule has 0 bridgehead atoms. The van der Waals surface area contributed by atoms with Crippen LogP contribution < -0.4 is 15.0 Å². The summed E-state index contributed by atoms with van der Waals surface area (Å²) in [6.45, 7) is 6.96. The number of ether oxygens (including phenoxy) is 1. The van der Waals surface area contributed by atoms with Gasteiger partial charge in [-0.15, -0.1) is 0 Å². The van der Waals surface area contributed by atoms with E-state index in [2.05, 4.69) is 42.4 Å². The van der Waals surface area contributed by atoms with Crippen molar-refractivity contribution in [2.45, 2.75) is 32.7 Å². The van der Waals surface area contributed by atoms with E-state index in [1.165, 1.54) is 5.56 Å². The zero-order valence-electron chi connectivity index (χ0n) is 22.5. The summed E-state index contributed by atoms with van der Waals surface area (Å²) in [6.07, 6.45) is 4.64. The van der Waals surface area contributed by atoms with Crippen LogP contribution in [0.15, 0.2) is 47.1 Å². The summed E-state index contributed by atoms with van der Waals surface area (Å²) in [5, 5.41) is 14.2. The first kappa shape index (κ1) is 28.0. The summed E-state index contributed by atoms with van der Waals surface area (Å²) in [7, 11) is 1.64. The molecule has 4 heterocycles. The molecule has 11 heteroatoms. The standard InChI is InChI=1S/C27H34N6O3.CH2O2/c1-19-3-4-20(15-28-19)17-32-12-9-21(18-32)16-29-26(34)23-10-13-33(14-11-23)27-30-25(31-36-27)22-5-7-24(35-2)8-6-22;2-1-3/h3-8,15,21,23H,9-14,16-18H2,1-2H3,(H,29,34);1H,(H,2,3). The number of amides is 1. The zero-order chi connectivity index (χ0) is 27.6. The Balaban J connectivity index is 0.00000112. The second-order valence-corrected chi connectivity index (χ2v) is 9.94. The van der Waals surface area contributed by atoms with Crippen LogP contribution in [0.1, 0.15) is 30.5 Å². The van der Waals surface area contributed by atoms with Crippen LogP contribution in [0, 0.1) is 18.8 Å². The number of methoxy groups -OCH3 is 1. The molecule has 2 aliphatic rings. The van der Waals surface area contributed by atoms with Crippen LogP contribution in [0.5, 0.6) is 5.75 Å². The van der Waals surface area contributed by atoms with E-state index < -0.39 is 0 Å². The molecule has 2 saturated heterocycles. The minimum atomic E-state index is -0.250. The number of nitrogens with one attached hydrogen (secondary N) is 1. The molecule has 2 N–H and O–H groups in total. The van der Waals surface area contributed by atoms with E-state index in [9.17, 15) is 4.79 Å². The molecule has 5 rings (SSSR count). The highest BCUT2D eigenvalue weighted by Gasteiger charge is 2.29. The van der Waals surface area contributed by atoms with Crippen molar-refractivity contribution in [2.75, 3.05) is 44.7 Å². The molecule has 1 unspecified atom stereocenters. The van der Waals surface area contributed by atoms with Crippen molar-refractivity contribution in [3.63, 3.8) is 0 Å². The number of hydrogen-bond acceptors (Lipinski definition) is 9. The number of benzene rings is 1. The predicted molar refractivity (Wildman–Crippen MR) is 145 cm³/mol. The van der Waals surface area contributed by atoms with E-state index in [0.29, 0.717) is 17.8 Å². The van der Waals surface area contributed by atoms with Crippen molar-refractivity contribution in [2.24, 2.45) is 11.8 Å². The van der Waals surface area contributed by atoms with Gasteiger partial charge in [-0.3, -0.25) is 19.5 Å². The monoisotopic (exact) mass is 536 g/mol. The van der Waals surface area contributed by atoms with Crippen molar-refractivity contribution in [1.29, 1.82) is 0 Å². The maximum atomic E-state index is 12.8. The molecule has 1 aromatic carbocycles. The third-order valence-electron chi connectivity index (χ3n) is 7.21. The van der Waals surface area contributed by atoms with Gasteiger partial charge in [0.05, 0.1) is 7.11 Å².